The summed E-state index contributed by atoms with van der Waals surface area (Å²) in [5.41, 5.74) is 1.48. The van der Waals surface area contributed by atoms with Crippen LogP contribution in [0.25, 0.3) is 16.9 Å². The highest BCUT2D eigenvalue weighted by Gasteiger charge is 2.31. The van der Waals surface area contributed by atoms with Crippen molar-refractivity contribution < 1.29 is 4.92 Å². The van der Waals surface area contributed by atoms with Crippen molar-refractivity contribution in [3.63, 3.8) is 0 Å². The molecule has 25 heavy (non-hydrogen) atoms. The van der Waals surface area contributed by atoms with E-state index in [2.05, 4.69) is 21.9 Å². The Kier molecular flexibility index (Phi) is 3.79. The minimum absolute atomic E-state index is 0.0700. The second-order valence-corrected chi connectivity index (χ2v) is 6.27. The maximum absolute atomic E-state index is 11.9. The van der Waals surface area contributed by atoms with Crippen molar-refractivity contribution in [3.8, 4) is 5.82 Å². The molecule has 4 rings (SSSR count). The highest BCUT2D eigenvalue weighted by molar-refractivity contribution is 5.79. The summed E-state index contributed by atoms with van der Waals surface area (Å²) in [6, 6.07) is 7.72. The van der Waals surface area contributed by atoms with E-state index < -0.39 is 0 Å². The first-order chi connectivity index (χ1) is 12.2. The third kappa shape index (κ3) is 2.59. The summed E-state index contributed by atoms with van der Waals surface area (Å²) >= 11 is 0. The van der Waals surface area contributed by atoms with Crippen LogP contribution in [0.4, 0.5) is 11.5 Å². The first kappa shape index (κ1) is 15.5. The molecule has 128 valence electrons. The molecule has 1 fully saturated rings. The van der Waals surface area contributed by atoms with Crippen LogP contribution >= 0.6 is 0 Å². The average molecular weight is 338 g/mol. The molecule has 8 heteroatoms. The summed E-state index contributed by atoms with van der Waals surface area (Å²) in [4.78, 5) is 26.3. The lowest BCUT2D eigenvalue weighted by Crippen LogP contribution is -2.38. The molecule has 0 radical (unpaired) electrons. The molecular formula is C17H18N6O2. The zero-order valence-electron chi connectivity index (χ0n) is 13.9. The number of aromatic nitrogens is 4. The van der Waals surface area contributed by atoms with Gasteiger partial charge in [-0.05, 0) is 38.3 Å². The summed E-state index contributed by atoms with van der Waals surface area (Å²) in [7, 11) is 0. The van der Waals surface area contributed by atoms with E-state index in [0.717, 1.165) is 36.8 Å². The van der Waals surface area contributed by atoms with Gasteiger partial charge >= 0.3 is 5.69 Å². The van der Waals surface area contributed by atoms with Crippen molar-refractivity contribution in [3.05, 3.63) is 47.0 Å². The predicted molar refractivity (Wildman–Crippen MR) is 94.0 cm³/mol. The number of rotatable bonds is 3. The molecule has 0 aliphatic carbocycles. The molecule has 0 N–H and O–H groups in total. The Morgan fingerprint density at radius 3 is 2.76 bits per heavy atom. The lowest BCUT2D eigenvalue weighted by Gasteiger charge is -2.33. The fourth-order valence-electron chi connectivity index (χ4n) is 3.45. The zero-order chi connectivity index (χ0) is 17.4. The third-order valence-corrected chi connectivity index (χ3v) is 4.72. The Labute approximate surface area is 144 Å². The van der Waals surface area contributed by atoms with Gasteiger partial charge < -0.3 is 4.90 Å². The molecule has 1 aromatic carbocycles. The van der Waals surface area contributed by atoms with Gasteiger partial charge in [0.25, 0.3) is 0 Å². The van der Waals surface area contributed by atoms with Gasteiger partial charge in [-0.1, -0.05) is 12.1 Å². The molecule has 2 aromatic heterocycles. The van der Waals surface area contributed by atoms with Crippen LogP contribution < -0.4 is 4.90 Å². The number of fused-ring (bicyclic) bond motifs is 1. The summed E-state index contributed by atoms with van der Waals surface area (Å²) in [6.07, 6.45) is 6.12. The molecule has 8 nitrogen and oxygen atoms in total. The second kappa shape index (κ2) is 6.12. The molecule has 1 aliphatic heterocycles. The molecule has 3 aromatic rings. The van der Waals surface area contributed by atoms with Gasteiger partial charge in [-0.25, -0.2) is 15.0 Å². The molecule has 0 amide bonds. The summed E-state index contributed by atoms with van der Waals surface area (Å²) in [6.45, 7) is 2.85. The van der Waals surface area contributed by atoms with Crippen molar-refractivity contribution in [2.75, 3.05) is 11.4 Å². The van der Waals surface area contributed by atoms with E-state index in [1.165, 1.54) is 6.33 Å². The van der Waals surface area contributed by atoms with Crippen molar-refractivity contribution in [1.29, 1.82) is 0 Å². The number of nitro groups is 1. The predicted octanol–water partition coefficient (Wildman–Crippen LogP) is 3.10. The van der Waals surface area contributed by atoms with Crippen LogP contribution in [0.1, 0.15) is 26.2 Å². The van der Waals surface area contributed by atoms with E-state index in [4.69, 9.17) is 0 Å². The maximum Gasteiger partial charge on any atom is 0.354 e. The Balaban J connectivity index is 1.91. The first-order valence-corrected chi connectivity index (χ1v) is 8.35. The molecule has 1 saturated heterocycles. The van der Waals surface area contributed by atoms with E-state index >= 15 is 0 Å². The van der Waals surface area contributed by atoms with Gasteiger partial charge in [0, 0.05) is 12.6 Å². The number of hydrogen-bond donors (Lipinski definition) is 0. The van der Waals surface area contributed by atoms with E-state index in [9.17, 15) is 10.1 Å². The third-order valence-electron chi connectivity index (χ3n) is 4.72. The molecule has 0 bridgehead atoms. The highest BCUT2D eigenvalue weighted by atomic mass is 16.6. The number of anilines is 1. The Morgan fingerprint density at radius 1 is 1.16 bits per heavy atom. The number of nitrogens with zero attached hydrogens (tertiary/aromatic N) is 6. The van der Waals surface area contributed by atoms with E-state index in [1.54, 1.807) is 10.9 Å². The SMILES string of the molecule is CC1CCCCN1c1ncnc(-n2cnc3ccccc32)c1[N+](=O)[O-]. The fraction of sp³-hybridized carbons (Fsp3) is 0.353. The number of piperidine rings is 1. The first-order valence-electron chi connectivity index (χ1n) is 8.35. The monoisotopic (exact) mass is 338 g/mol. The van der Waals surface area contributed by atoms with Gasteiger partial charge in [0.05, 0.1) is 16.0 Å². The number of imidazole rings is 1. The van der Waals surface area contributed by atoms with Crippen LogP contribution in [-0.2, 0) is 0 Å². The number of hydrogen-bond acceptors (Lipinski definition) is 6. The molecule has 1 aliphatic rings. The largest absolute Gasteiger partial charge is 0.354 e. The minimum Gasteiger partial charge on any atom is -0.348 e. The summed E-state index contributed by atoms with van der Waals surface area (Å²) in [5.74, 6) is 0.640. The number of para-hydroxylation sites is 2. The van der Waals surface area contributed by atoms with E-state index in [-0.39, 0.29) is 22.5 Å². The van der Waals surface area contributed by atoms with Gasteiger partial charge in [0.2, 0.25) is 11.6 Å². The topological polar surface area (TPSA) is 90.0 Å². The fourth-order valence-corrected chi connectivity index (χ4v) is 3.45. The van der Waals surface area contributed by atoms with Gasteiger partial charge in [-0.15, -0.1) is 0 Å². The van der Waals surface area contributed by atoms with Crippen molar-refractivity contribution >= 4 is 22.5 Å². The highest BCUT2D eigenvalue weighted by Crippen LogP contribution is 2.35. The van der Waals surface area contributed by atoms with Crippen molar-refractivity contribution in [2.24, 2.45) is 0 Å². The van der Waals surface area contributed by atoms with E-state index in [1.807, 2.05) is 29.2 Å². The Morgan fingerprint density at radius 2 is 1.96 bits per heavy atom. The Bertz CT molecular complexity index is 938. The van der Waals surface area contributed by atoms with Crippen LogP contribution in [0.2, 0.25) is 0 Å². The second-order valence-electron chi connectivity index (χ2n) is 6.27. The molecule has 0 spiro atoms. The zero-order valence-corrected chi connectivity index (χ0v) is 13.9. The van der Waals surface area contributed by atoms with Gasteiger partial charge in [0.15, 0.2) is 0 Å². The number of benzene rings is 1. The standard InChI is InChI=1S/C17H18N6O2/c1-12-6-4-5-9-21(12)16-15(23(24)25)17(19-10-18-16)22-11-20-13-7-2-3-8-14(13)22/h2-3,7-8,10-12H,4-6,9H2,1H3. The van der Waals surface area contributed by atoms with Crippen molar-refractivity contribution in [1.82, 2.24) is 19.5 Å². The summed E-state index contributed by atoms with van der Waals surface area (Å²) < 4.78 is 1.66. The Hall–Kier alpha value is -3.03. The van der Waals surface area contributed by atoms with Gasteiger partial charge in [0.1, 0.15) is 12.7 Å². The normalized spacial score (nSPS) is 17.8. The lowest BCUT2D eigenvalue weighted by molar-refractivity contribution is -0.384. The van der Waals surface area contributed by atoms with Gasteiger partial charge in [-0.3, -0.25) is 14.7 Å². The van der Waals surface area contributed by atoms with Crippen LogP contribution in [-0.4, -0.2) is 37.0 Å². The lowest BCUT2D eigenvalue weighted by atomic mass is 10.0. The van der Waals surface area contributed by atoms with Crippen molar-refractivity contribution in [2.45, 2.75) is 32.2 Å². The smallest absolute Gasteiger partial charge is 0.348 e. The van der Waals surface area contributed by atoms with Gasteiger partial charge in [-0.2, -0.15) is 0 Å². The van der Waals surface area contributed by atoms with Crippen LogP contribution in [0.5, 0.6) is 0 Å². The molecule has 0 saturated carbocycles. The molecule has 1 unspecified atom stereocenters. The summed E-state index contributed by atoms with van der Waals surface area (Å²) in [5, 5.41) is 11.9. The molecule has 3 heterocycles. The quantitative estimate of drug-likeness (QED) is 0.538. The van der Waals surface area contributed by atoms with Crippen LogP contribution in [0, 0.1) is 10.1 Å². The van der Waals surface area contributed by atoms with Crippen LogP contribution in [0.3, 0.4) is 0 Å². The average Bonchev–Trinajstić information content (AvgIpc) is 3.05. The maximum atomic E-state index is 11.9. The minimum atomic E-state index is -0.388. The van der Waals surface area contributed by atoms with E-state index in [0.29, 0.717) is 5.82 Å². The van der Waals surface area contributed by atoms with Crippen LogP contribution in [0.15, 0.2) is 36.9 Å². The molecule has 1 atom stereocenters. The molecular weight excluding hydrogens is 320 g/mol.